The van der Waals surface area contributed by atoms with Crippen LogP contribution in [0.15, 0.2) is 71.5 Å². The summed E-state index contributed by atoms with van der Waals surface area (Å²) < 4.78 is 70.0. The van der Waals surface area contributed by atoms with Gasteiger partial charge in [0.1, 0.15) is 30.6 Å². The molecule has 0 radical (unpaired) electrons. The van der Waals surface area contributed by atoms with Crippen molar-refractivity contribution in [2.45, 2.75) is 141 Å². The van der Waals surface area contributed by atoms with Crippen LogP contribution >= 0.6 is 0 Å². The van der Waals surface area contributed by atoms with E-state index in [0.29, 0.717) is 74.1 Å². The number of carbonyl (C=O) groups is 3. The Bertz CT molecular complexity index is 2900. The lowest BCUT2D eigenvalue weighted by Crippen LogP contribution is -2.50. The SMILES string of the molecule is COc1ccc([C@]2(CCN(Cc3ccc(C4=CC[C@H](CN5CCN(C(=O)c6ccc7c8c6OCCn8c(=O)n7C6CCC(=O)N(COCC[Si](C)(C)C)C6=O)CC5)CC4)cc3)CC(C)(C)C(F)(F)F)CCOC(C)(C)C2)cc1. The van der Waals surface area contributed by atoms with Gasteiger partial charge in [-0.2, -0.15) is 13.2 Å². The second-order valence-corrected chi connectivity index (χ2v) is 30.7. The van der Waals surface area contributed by atoms with Crippen molar-refractivity contribution in [3.63, 3.8) is 0 Å². The van der Waals surface area contributed by atoms with E-state index in [9.17, 15) is 32.3 Å². The molecule has 14 nitrogen and oxygen atoms in total. The third-order valence-electron chi connectivity index (χ3n) is 17.1. The van der Waals surface area contributed by atoms with Gasteiger partial charge in [-0.25, -0.2) is 4.79 Å². The second kappa shape index (κ2) is 23.1. The number of amides is 3. The normalized spacial score (nSPS) is 22.5. The zero-order valence-corrected chi connectivity index (χ0v) is 48.1. The van der Waals surface area contributed by atoms with Gasteiger partial charge in [-0.05, 0) is 138 Å². The molecule has 78 heavy (non-hydrogen) atoms. The van der Waals surface area contributed by atoms with E-state index in [0.717, 1.165) is 85.1 Å². The summed E-state index contributed by atoms with van der Waals surface area (Å²) >= 11 is 0. The van der Waals surface area contributed by atoms with Crippen LogP contribution in [0.1, 0.15) is 112 Å². The number of imide groups is 1. The summed E-state index contributed by atoms with van der Waals surface area (Å²) in [4.78, 5) is 62.5. The first-order valence-electron chi connectivity index (χ1n) is 28.1. The minimum Gasteiger partial charge on any atom is -0.497 e. The molecule has 424 valence electrons. The van der Waals surface area contributed by atoms with Gasteiger partial charge in [0.25, 0.3) is 11.8 Å². The van der Waals surface area contributed by atoms with Crippen molar-refractivity contribution < 1.29 is 46.5 Å². The van der Waals surface area contributed by atoms with E-state index < -0.39 is 31.6 Å². The molecule has 3 fully saturated rings. The first-order valence-corrected chi connectivity index (χ1v) is 31.9. The molecule has 3 saturated heterocycles. The number of alkyl halides is 3. The van der Waals surface area contributed by atoms with Gasteiger partial charge < -0.3 is 23.8 Å². The number of carbonyl (C=O) groups excluding carboxylic acids is 3. The minimum atomic E-state index is -4.35. The van der Waals surface area contributed by atoms with E-state index in [1.807, 2.05) is 21.9 Å². The zero-order chi connectivity index (χ0) is 55.8. The van der Waals surface area contributed by atoms with Gasteiger partial charge in [0, 0.05) is 78.9 Å². The summed E-state index contributed by atoms with van der Waals surface area (Å²) in [7, 11) is 0.264. The number of piperazine rings is 1. The third-order valence-corrected chi connectivity index (χ3v) is 18.8. The number of aromatic nitrogens is 2. The van der Waals surface area contributed by atoms with E-state index in [1.54, 1.807) is 23.8 Å². The van der Waals surface area contributed by atoms with Gasteiger partial charge in [-0.15, -0.1) is 0 Å². The number of allylic oxidation sites excluding steroid dienone is 2. The number of imidazole rings is 1. The van der Waals surface area contributed by atoms with E-state index in [2.05, 4.69) is 80.9 Å². The molecule has 3 amide bonds. The molecule has 1 unspecified atom stereocenters. The van der Waals surface area contributed by atoms with Crippen LogP contribution in [0.3, 0.4) is 0 Å². The molecule has 9 rings (SSSR count). The van der Waals surface area contributed by atoms with Crippen LogP contribution in [0.4, 0.5) is 13.2 Å². The second-order valence-electron chi connectivity index (χ2n) is 25.1. The van der Waals surface area contributed by atoms with Crippen LogP contribution in [0.2, 0.25) is 25.7 Å². The highest BCUT2D eigenvalue weighted by Gasteiger charge is 2.49. The maximum Gasteiger partial charge on any atom is 0.395 e. The van der Waals surface area contributed by atoms with Crippen molar-refractivity contribution in [3.8, 4) is 11.5 Å². The first-order chi connectivity index (χ1) is 36.9. The molecule has 0 saturated carbocycles. The molecular formula is C60H81F3N6O8Si. The van der Waals surface area contributed by atoms with Gasteiger partial charge in [0.15, 0.2) is 5.75 Å². The molecule has 1 aliphatic carbocycles. The van der Waals surface area contributed by atoms with Crippen LogP contribution in [0.25, 0.3) is 16.6 Å². The molecule has 0 spiro atoms. The Morgan fingerprint density at radius 3 is 2.28 bits per heavy atom. The van der Waals surface area contributed by atoms with Crippen molar-refractivity contribution in [1.82, 2.24) is 28.7 Å². The molecular weight excluding hydrogens is 1020 g/mol. The number of hydrogen-bond acceptors (Lipinski definition) is 10. The van der Waals surface area contributed by atoms with Crippen LogP contribution in [0, 0.1) is 11.3 Å². The lowest BCUT2D eigenvalue weighted by Gasteiger charge is -2.46. The highest BCUT2D eigenvalue weighted by molar-refractivity contribution is 6.76. The average Bonchev–Trinajstić information content (AvgIpc) is 3.68. The fraction of sp³-hybridized carbons (Fsp3) is 0.600. The summed E-state index contributed by atoms with van der Waals surface area (Å²) in [5, 5.41) is 0. The fourth-order valence-electron chi connectivity index (χ4n) is 12.5. The summed E-state index contributed by atoms with van der Waals surface area (Å²) in [6.07, 6.45) is 3.43. The van der Waals surface area contributed by atoms with E-state index >= 15 is 0 Å². The lowest BCUT2D eigenvalue weighted by molar-refractivity contribution is -0.217. The molecule has 4 aromatic rings. The van der Waals surface area contributed by atoms with Crippen LogP contribution < -0.4 is 15.2 Å². The topological polar surface area (TPSA) is 128 Å². The largest absolute Gasteiger partial charge is 0.497 e. The number of nitrogens with zero attached hydrogens (tertiary/aromatic N) is 6. The van der Waals surface area contributed by atoms with Gasteiger partial charge in [0.05, 0.1) is 35.8 Å². The fourth-order valence-corrected chi connectivity index (χ4v) is 13.2. The smallest absolute Gasteiger partial charge is 0.395 e. The Labute approximate surface area is 458 Å². The molecule has 4 aliphatic heterocycles. The maximum atomic E-state index is 14.4. The minimum absolute atomic E-state index is 0.110. The molecule has 0 bridgehead atoms. The number of hydrogen-bond donors (Lipinski definition) is 0. The van der Waals surface area contributed by atoms with E-state index in [4.69, 9.17) is 18.9 Å². The van der Waals surface area contributed by atoms with Gasteiger partial charge in [-0.1, -0.05) is 62.1 Å². The molecule has 3 atom stereocenters. The highest BCUT2D eigenvalue weighted by Crippen LogP contribution is 2.46. The lowest BCUT2D eigenvalue weighted by atomic mass is 9.67. The number of halogens is 3. The number of benzene rings is 3. The number of methoxy groups -OCH3 is 1. The van der Waals surface area contributed by atoms with Crippen molar-refractivity contribution in [3.05, 3.63) is 99.5 Å². The summed E-state index contributed by atoms with van der Waals surface area (Å²) in [5.74, 6) is 0.648. The Balaban J connectivity index is 0.799. The number of rotatable bonds is 19. The van der Waals surface area contributed by atoms with Crippen molar-refractivity contribution >= 4 is 42.4 Å². The molecule has 0 N–H and O–H groups in total. The quantitative estimate of drug-likeness (QED) is 0.0509. The Kier molecular flexibility index (Phi) is 17.0. The highest BCUT2D eigenvalue weighted by atomic mass is 28.3. The zero-order valence-electron chi connectivity index (χ0n) is 47.1. The van der Waals surface area contributed by atoms with Gasteiger partial charge in [-0.3, -0.25) is 38.2 Å². The first kappa shape index (κ1) is 57.4. The monoisotopic (exact) mass is 1100 g/mol. The number of ether oxygens (including phenoxy) is 4. The summed E-state index contributed by atoms with van der Waals surface area (Å²) in [6.45, 7) is 19.1. The van der Waals surface area contributed by atoms with Crippen molar-refractivity contribution in [1.29, 1.82) is 0 Å². The van der Waals surface area contributed by atoms with Crippen molar-refractivity contribution in [2.24, 2.45) is 11.3 Å². The molecule has 18 heteroatoms. The van der Waals surface area contributed by atoms with Crippen LogP contribution in [-0.2, 0) is 37.6 Å². The number of likely N-dealkylation sites (tertiary alicyclic amines) is 1. The van der Waals surface area contributed by atoms with E-state index in [1.165, 1.54) is 24.0 Å². The molecule has 1 aromatic heterocycles. The molecule has 3 aromatic carbocycles. The van der Waals surface area contributed by atoms with E-state index in [-0.39, 0.29) is 67.8 Å². The Morgan fingerprint density at radius 1 is 0.897 bits per heavy atom. The third kappa shape index (κ3) is 12.7. The number of piperidine rings is 1. The van der Waals surface area contributed by atoms with Gasteiger partial charge in [0.2, 0.25) is 5.91 Å². The summed E-state index contributed by atoms with van der Waals surface area (Å²) in [6, 6.07) is 20.0. The predicted molar refractivity (Wildman–Crippen MR) is 299 cm³/mol. The molecule has 5 aliphatic rings. The van der Waals surface area contributed by atoms with Crippen LogP contribution in [-0.4, -0.2) is 146 Å². The predicted octanol–water partition coefficient (Wildman–Crippen LogP) is 10.2. The Morgan fingerprint density at radius 2 is 1.63 bits per heavy atom. The van der Waals surface area contributed by atoms with Gasteiger partial charge >= 0.3 is 11.9 Å². The average molecular weight is 1100 g/mol. The summed E-state index contributed by atoms with van der Waals surface area (Å²) in [5.41, 5.74) is 3.06. The molecule has 5 heterocycles. The Hall–Kier alpha value is -5.27. The maximum absolute atomic E-state index is 14.4. The van der Waals surface area contributed by atoms with Crippen molar-refractivity contribution in [2.75, 3.05) is 79.5 Å². The van der Waals surface area contributed by atoms with Crippen LogP contribution in [0.5, 0.6) is 11.5 Å². The standard InChI is InChI=1S/C60H81F3N6O8Si/c1-57(2,60(61,62)63)40-65(27-25-59(26-33-77-58(3,4)39-59)46-17-19-47(74-5)20-18-46)38-43-11-15-45(16-12-43)44-13-9-42(10-14-44)37-64-28-30-66(31-29-64)54(71)48-21-22-49-52-53(48)76-34-32-67(52)56(73)69(49)50-23-24-51(70)68(55(50)72)41-75-35-36-78(6,7)8/h11-13,15-22,42,50H,9-10,14,23-41H2,1-8H3/t42-,50?,59+/m0/s1.